The lowest BCUT2D eigenvalue weighted by molar-refractivity contribution is 0.660. The van der Waals surface area contributed by atoms with Crippen molar-refractivity contribution in [2.24, 2.45) is 0 Å². The first kappa shape index (κ1) is 12.8. The fraction of sp³-hybridized carbons (Fsp3) is 0.0588. The number of benzene rings is 8. The molecule has 0 spiro atoms. The topological polar surface area (TPSA) is 16.4 Å². The maximum atomic E-state index is 10.5. The Labute approximate surface area is 353 Å². The van der Waals surface area contributed by atoms with Gasteiger partial charge >= 0.3 is 0 Å². The minimum absolute atomic E-state index is 0.254. The summed E-state index contributed by atoms with van der Waals surface area (Å²) in [4.78, 5) is 0.484. The minimum atomic E-state index is -1.91. The third kappa shape index (κ3) is 5.02. The van der Waals surface area contributed by atoms with Crippen LogP contribution in [0.4, 0.5) is 17.1 Å². The molecule has 10 rings (SSSR count). The summed E-state index contributed by atoms with van der Waals surface area (Å²) in [5, 5.41) is -1.57. The van der Waals surface area contributed by atoms with Crippen molar-refractivity contribution in [3.8, 4) is 44.5 Å². The summed E-state index contributed by atoms with van der Waals surface area (Å²) in [7, 11) is 0. The number of nitrogens with zero attached hydrogens (tertiary/aromatic N) is 1. The van der Waals surface area contributed by atoms with Crippen molar-refractivity contribution in [1.29, 1.82) is 0 Å². The largest absolute Gasteiger partial charge is 0.455 e. The van der Waals surface area contributed by atoms with Crippen molar-refractivity contribution >= 4 is 39.0 Å². The van der Waals surface area contributed by atoms with Crippen molar-refractivity contribution in [1.82, 2.24) is 0 Å². The van der Waals surface area contributed by atoms with E-state index in [4.69, 9.17) is 27.7 Å². The van der Waals surface area contributed by atoms with Crippen LogP contribution in [0, 0.1) is 0 Å². The monoisotopic (exact) mass is 710 g/mol. The second kappa shape index (κ2) is 12.3. The second-order valence-electron chi connectivity index (χ2n) is 12.1. The SMILES string of the molecule is [2H]c1c([2H])c([2H])c(-c2c([2H])c([2H])c([2H])c(N(c3c([2H])c(-c4c([2H])c([2H])c([2H])c([2H])c4[2H])c4c(c3[2H])C(C)(C)c3c([2H])c([2H])c([2H])c([2H])c3-4)c3c([2H])c([2H])c([2H])c4oc5c(-c6c([2H])c([2H])c([2H])c([2H])c6[2H])c([2H])c([2H])c([2H])c5c34)c2[2H])c([2H])c1[2H]. The lowest BCUT2D eigenvalue weighted by Gasteiger charge is -2.30. The molecule has 1 aromatic heterocycles. The normalized spacial score (nSPS) is 21.1. The molecule has 0 radical (unpaired) electrons. The van der Waals surface area contributed by atoms with Crippen LogP contribution in [0.25, 0.3) is 66.4 Å². The Morgan fingerprint density at radius 3 is 1.83 bits per heavy atom. The molecule has 1 aliphatic carbocycles. The summed E-state index contributed by atoms with van der Waals surface area (Å²) in [6, 6.07) is -31.3. The average molecular weight is 711 g/mol. The number of para-hydroxylation sites is 1. The zero-order valence-corrected chi connectivity index (χ0v) is 27.4. The van der Waals surface area contributed by atoms with Crippen molar-refractivity contribution in [3.63, 3.8) is 0 Å². The summed E-state index contributed by atoms with van der Waals surface area (Å²) in [5.41, 5.74) is -13.5. The first-order chi connectivity index (χ1) is 39.0. The van der Waals surface area contributed by atoms with E-state index in [2.05, 4.69) is 0 Å². The van der Waals surface area contributed by atoms with Crippen molar-refractivity contribution in [3.05, 3.63) is 198 Å². The molecule has 0 bridgehead atoms. The molecule has 1 heterocycles. The fourth-order valence-corrected chi connectivity index (χ4v) is 6.47. The number of rotatable bonds is 6. The van der Waals surface area contributed by atoms with Crippen LogP contribution in [0.1, 0.15) is 67.5 Å². The lowest BCUT2D eigenvalue weighted by Crippen LogP contribution is -2.17. The smallest absolute Gasteiger partial charge is 0.143 e. The Bertz CT molecular complexity index is 4520. The van der Waals surface area contributed by atoms with Crippen molar-refractivity contribution in [2.45, 2.75) is 19.3 Å². The molecule has 1 aliphatic rings. The quantitative estimate of drug-likeness (QED) is 0.171. The van der Waals surface area contributed by atoms with E-state index in [9.17, 15) is 19.2 Å². The van der Waals surface area contributed by atoms with E-state index in [1.54, 1.807) is 0 Å². The van der Waals surface area contributed by atoms with E-state index in [1.165, 1.54) is 13.8 Å². The Balaban J connectivity index is 1.56. The molecule has 0 saturated heterocycles. The summed E-state index contributed by atoms with van der Waals surface area (Å²) in [6.07, 6.45) is 0. The number of anilines is 3. The van der Waals surface area contributed by atoms with Gasteiger partial charge in [-0.2, -0.15) is 0 Å². The summed E-state index contributed by atoms with van der Waals surface area (Å²) in [5.74, 6) is 0. The van der Waals surface area contributed by atoms with E-state index in [-0.39, 0.29) is 5.56 Å². The standard InChI is InChI=1S/C51H37NO/c1-51(2)44-28-13-12-25-41(44)48-43(36-21-10-5-11-22-36)32-39(33-45(48)51)52(38-24-14-23-37(31-38)34-17-6-3-7-18-34)46-29-16-30-47-49(46)42-27-15-26-40(50(42)53-47)35-19-8-4-9-20-35/h3-33H,1-2H3/i3D,4D,5D,6D,7D,8D,9D,10D,11D,12D,13D,14D,15D,16D,17D,18D,19D,20D,21D,22D,23D,24D,25D,26D,27D,28D,29D,30D,31D,32D,33D. The van der Waals surface area contributed by atoms with Gasteiger partial charge in [0, 0.05) is 27.7 Å². The predicted octanol–water partition coefficient (Wildman–Crippen LogP) is 14.4. The molecule has 0 fully saturated rings. The van der Waals surface area contributed by atoms with Gasteiger partial charge in [-0.15, -0.1) is 0 Å². The molecular weight excluding hydrogens is 643 g/mol. The molecule has 252 valence electrons. The van der Waals surface area contributed by atoms with Gasteiger partial charge in [-0.1, -0.05) is 165 Å². The highest BCUT2D eigenvalue weighted by atomic mass is 16.3. The summed E-state index contributed by atoms with van der Waals surface area (Å²) < 4.78 is 289. The summed E-state index contributed by atoms with van der Waals surface area (Å²) in [6.45, 7) is 2.74. The van der Waals surface area contributed by atoms with E-state index >= 15 is 0 Å². The van der Waals surface area contributed by atoms with Gasteiger partial charge in [0.1, 0.15) is 11.2 Å². The van der Waals surface area contributed by atoms with Crippen LogP contribution in [0.3, 0.4) is 0 Å². The maximum absolute atomic E-state index is 10.5. The molecule has 0 unspecified atom stereocenters. The number of hydrogen-bond donors (Lipinski definition) is 0. The number of hydrogen-bond acceptors (Lipinski definition) is 2. The van der Waals surface area contributed by atoms with Gasteiger partial charge in [0.15, 0.2) is 0 Å². The zero-order chi connectivity index (χ0) is 62.5. The average Bonchev–Trinajstić information content (AvgIpc) is 1.47. The third-order valence-corrected chi connectivity index (χ3v) is 8.81. The predicted molar refractivity (Wildman–Crippen MR) is 222 cm³/mol. The molecule has 9 aromatic rings. The van der Waals surface area contributed by atoms with Crippen molar-refractivity contribution in [2.75, 3.05) is 4.90 Å². The van der Waals surface area contributed by atoms with Crippen LogP contribution in [-0.4, -0.2) is 0 Å². The van der Waals surface area contributed by atoms with Gasteiger partial charge < -0.3 is 9.32 Å². The first-order valence-corrected chi connectivity index (χ1v) is 15.8. The molecular formula is C51H37NO. The van der Waals surface area contributed by atoms with E-state index < -0.39 is 282 Å². The number of fused-ring (bicyclic) bond motifs is 6. The molecule has 0 aliphatic heterocycles. The Morgan fingerprint density at radius 2 is 1.08 bits per heavy atom. The molecule has 0 atom stereocenters. The Kier molecular flexibility index (Phi) is 2.96. The molecule has 0 N–H and O–H groups in total. The first-order valence-electron chi connectivity index (χ1n) is 31.3. The van der Waals surface area contributed by atoms with Crippen LogP contribution < -0.4 is 4.90 Å². The highest BCUT2D eigenvalue weighted by Gasteiger charge is 2.38. The molecule has 0 amide bonds. The van der Waals surface area contributed by atoms with Crippen molar-refractivity contribution < 1.29 is 46.9 Å². The highest BCUT2D eigenvalue weighted by molar-refractivity contribution is 6.16. The van der Waals surface area contributed by atoms with E-state index in [1.807, 2.05) is 0 Å². The zero-order valence-electron chi connectivity index (χ0n) is 58.4. The van der Waals surface area contributed by atoms with Gasteiger partial charge in [-0.25, -0.2) is 0 Å². The number of furan rings is 1. The molecule has 2 heteroatoms. The third-order valence-electron chi connectivity index (χ3n) is 8.81. The van der Waals surface area contributed by atoms with Crippen LogP contribution >= 0.6 is 0 Å². The van der Waals surface area contributed by atoms with Gasteiger partial charge in [-0.3, -0.25) is 0 Å². The fourth-order valence-electron chi connectivity index (χ4n) is 6.47. The molecule has 2 nitrogen and oxygen atoms in total. The van der Waals surface area contributed by atoms with Crippen LogP contribution in [0.5, 0.6) is 0 Å². The molecule has 8 aromatic carbocycles. The minimum Gasteiger partial charge on any atom is -0.455 e. The van der Waals surface area contributed by atoms with Crippen LogP contribution in [-0.2, 0) is 5.41 Å². The Hall–Kier alpha value is -6.64. The second-order valence-corrected chi connectivity index (χ2v) is 12.1. The van der Waals surface area contributed by atoms with Gasteiger partial charge in [-0.05, 0) is 86.3 Å². The Morgan fingerprint density at radius 1 is 0.472 bits per heavy atom. The lowest BCUT2D eigenvalue weighted by atomic mass is 9.81. The van der Waals surface area contributed by atoms with Gasteiger partial charge in [0.25, 0.3) is 0 Å². The van der Waals surface area contributed by atoms with Crippen LogP contribution in [0.2, 0.25) is 0 Å². The van der Waals surface area contributed by atoms with Gasteiger partial charge in [0.2, 0.25) is 0 Å². The van der Waals surface area contributed by atoms with E-state index in [0.29, 0.717) is 4.90 Å². The molecule has 53 heavy (non-hydrogen) atoms. The highest BCUT2D eigenvalue weighted by Crippen LogP contribution is 2.55. The van der Waals surface area contributed by atoms with E-state index in [0.717, 1.165) is 0 Å². The maximum Gasteiger partial charge on any atom is 0.143 e. The summed E-state index contributed by atoms with van der Waals surface area (Å²) >= 11 is 0. The van der Waals surface area contributed by atoms with Crippen LogP contribution in [0.15, 0.2) is 192 Å². The molecule has 0 saturated carbocycles. The van der Waals surface area contributed by atoms with Gasteiger partial charge in [0.05, 0.1) is 53.6 Å².